The van der Waals surface area contributed by atoms with E-state index in [9.17, 15) is 4.79 Å². The van der Waals surface area contributed by atoms with Crippen LogP contribution >= 0.6 is 0 Å². The summed E-state index contributed by atoms with van der Waals surface area (Å²) < 4.78 is 5.20. The van der Waals surface area contributed by atoms with E-state index in [0.717, 1.165) is 17.7 Å². The van der Waals surface area contributed by atoms with Crippen LogP contribution in [0.15, 0.2) is 40.9 Å². The largest absolute Gasteiger partial charge is 0.338 e. The Bertz CT molecular complexity index is 831. The second-order valence-corrected chi connectivity index (χ2v) is 5.94. The monoisotopic (exact) mass is 324 g/mol. The van der Waals surface area contributed by atoms with Crippen LogP contribution in [0.1, 0.15) is 48.4 Å². The molecule has 3 aromatic rings. The van der Waals surface area contributed by atoms with E-state index < -0.39 is 0 Å². The number of aromatic nitrogens is 3. The summed E-state index contributed by atoms with van der Waals surface area (Å²) in [5, 5.41) is 13.6. The molecule has 0 saturated carbocycles. The van der Waals surface area contributed by atoms with Gasteiger partial charge in [0.1, 0.15) is 5.69 Å². The highest BCUT2D eigenvalue weighted by Crippen LogP contribution is 2.22. The molecule has 24 heavy (non-hydrogen) atoms. The number of amides is 1. The average molecular weight is 324 g/mol. The Labute approximate surface area is 140 Å². The highest BCUT2D eigenvalue weighted by atomic mass is 16.5. The SMILES string of the molecule is CCc1ccc(-c2cc(NC(=O)c3cc(C(C)C)[nH]n3)on2)cc1. The van der Waals surface area contributed by atoms with Crippen LogP contribution in [0.3, 0.4) is 0 Å². The molecule has 0 aliphatic rings. The van der Waals surface area contributed by atoms with Crippen LogP contribution in [-0.4, -0.2) is 21.3 Å². The second-order valence-electron chi connectivity index (χ2n) is 5.94. The van der Waals surface area contributed by atoms with Gasteiger partial charge < -0.3 is 4.52 Å². The lowest BCUT2D eigenvalue weighted by molar-refractivity contribution is 0.101. The maximum Gasteiger partial charge on any atom is 0.278 e. The number of nitrogens with one attached hydrogen (secondary N) is 2. The molecule has 0 unspecified atom stereocenters. The quantitative estimate of drug-likeness (QED) is 0.743. The second kappa shape index (κ2) is 6.70. The van der Waals surface area contributed by atoms with Crippen LogP contribution in [0.25, 0.3) is 11.3 Å². The number of H-pyrrole nitrogens is 1. The fraction of sp³-hybridized carbons (Fsp3) is 0.278. The van der Waals surface area contributed by atoms with Gasteiger partial charge in [-0.25, -0.2) is 0 Å². The summed E-state index contributed by atoms with van der Waals surface area (Å²) in [5.41, 5.74) is 4.12. The number of aryl methyl sites for hydroxylation is 1. The van der Waals surface area contributed by atoms with E-state index >= 15 is 0 Å². The number of carbonyl (C=O) groups excluding carboxylic acids is 1. The van der Waals surface area contributed by atoms with E-state index in [1.54, 1.807) is 12.1 Å². The number of hydrogen-bond donors (Lipinski definition) is 2. The number of anilines is 1. The summed E-state index contributed by atoms with van der Waals surface area (Å²) in [6.07, 6.45) is 0.989. The van der Waals surface area contributed by atoms with Crippen molar-refractivity contribution in [1.29, 1.82) is 0 Å². The number of benzene rings is 1. The maximum absolute atomic E-state index is 12.2. The molecular formula is C18H20N4O2. The van der Waals surface area contributed by atoms with Gasteiger partial charge in [-0.05, 0) is 24.0 Å². The molecule has 6 nitrogen and oxygen atoms in total. The van der Waals surface area contributed by atoms with Crippen LogP contribution in [0.5, 0.6) is 0 Å². The standard InChI is InChI=1S/C18H20N4O2/c1-4-12-5-7-13(8-6-12)15-10-17(24-22-15)19-18(23)16-9-14(11(2)3)20-21-16/h5-11H,4H2,1-3H3,(H,19,23)(H,20,21). The van der Waals surface area contributed by atoms with Crippen molar-refractivity contribution < 1.29 is 9.32 Å². The average Bonchev–Trinajstić information content (AvgIpc) is 3.24. The lowest BCUT2D eigenvalue weighted by Gasteiger charge is -1.98. The first kappa shape index (κ1) is 16.0. The number of aromatic amines is 1. The van der Waals surface area contributed by atoms with Gasteiger partial charge in [0, 0.05) is 17.3 Å². The van der Waals surface area contributed by atoms with Crippen molar-refractivity contribution in [2.45, 2.75) is 33.1 Å². The fourth-order valence-corrected chi connectivity index (χ4v) is 2.31. The molecule has 6 heteroatoms. The Morgan fingerprint density at radius 2 is 2.00 bits per heavy atom. The summed E-state index contributed by atoms with van der Waals surface area (Å²) >= 11 is 0. The predicted octanol–water partition coefficient (Wildman–Crippen LogP) is 4.00. The Balaban J connectivity index is 1.71. The minimum atomic E-state index is -0.331. The van der Waals surface area contributed by atoms with Gasteiger partial charge in [0.25, 0.3) is 5.91 Å². The molecule has 3 rings (SSSR count). The van der Waals surface area contributed by atoms with E-state index in [2.05, 4.69) is 39.7 Å². The molecule has 0 fully saturated rings. The number of rotatable bonds is 5. The minimum Gasteiger partial charge on any atom is -0.338 e. The molecule has 0 spiro atoms. The van der Waals surface area contributed by atoms with Gasteiger partial charge in [-0.2, -0.15) is 5.10 Å². The molecule has 2 N–H and O–H groups in total. The van der Waals surface area contributed by atoms with Crippen LogP contribution in [0.4, 0.5) is 5.88 Å². The first-order valence-electron chi connectivity index (χ1n) is 7.99. The Hall–Kier alpha value is -2.89. The molecule has 1 amide bonds. The van der Waals surface area contributed by atoms with Gasteiger partial charge in [-0.1, -0.05) is 50.2 Å². The minimum absolute atomic E-state index is 0.280. The number of hydrogen-bond acceptors (Lipinski definition) is 4. The molecule has 0 saturated heterocycles. The van der Waals surface area contributed by atoms with E-state index in [1.807, 2.05) is 26.0 Å². The molecule has 0 bridgehead atoms. The third-order valence-electron chi connectivity index (χ3n) is 3.86. The van der Waals surface area contributed by atoms with Crippen molar-refractivity contribution in [2.24, 2.45) is 0 Å². The zero-order valence-corrected chi connectivity index (χ0v) is 14.0. The third kappa shape index (κ3) is 3.37. The Morgan fingerprint density at radius 3 is 2.62 bits per heavy atom. The maximum atomic E-state index is 12.2. The first-order chi connectivity index (χ1) is 11.6. The van der Waals surface area contributed by atoms with Gasteiger partial charge in [0.15, 0.2) is 5.69 Å². The van der Waals surface area contributed by atoms with Crippen LogP contribution in [-0.2, 0) is 6.42 Å². The third-order valence-corrected chi connectivity index (χ3v) is 3.86. The summed E-state index contributed by atoms with van der Waals surface area (Å²) in [4.78, 5) is 12.2. The number of nitrogens with zero attached hydrogens (tertiary/aromatic N) is 2. The van der Waals surface area contributed by atoms with Crippen molar-refractivity contribution in [3.63, 3.8) is 0 Å². The highest BCUT2D eigenvalue weighted by Gasteiger charge is 2.15. The number of carbonyl (C=O) groups is 1. The smallest absolute Gasteiger partial charge is 0.278 e. The highest BCUT2D eigenvalue weighted by molar-refractivity contribution is 6.02. The molecule has 1 aromatic carbocycles. The Morgan fingerprint density at radius 1 is 1.25 bits per heavy atom. The molecular weight excluding hydrogens is 304 g/mol. The molecule has 2 aromatic heterocycles. The van der Waals surface area contributed by atoms with Crippen molar-refractivity contribution in [3.05, 3.63) is 53.3 Å². The van der Waals surface area contributed by atoms with Gasteiger partial charge in [0.2, 0.25) is 5.88 Å². The van der Waals surface area contributed by atoms with Gasteiger partial charge in [-0.15, -0.1) is 0 Å². The van der Waals surface area contributed by atoms with Crippen LogP contribution in [0, 0.1) is 0 Å². The van der Waals surface area contributed by atoms with Crippen molar-refractivity contribution in [3.8, 4) is 11.3 Å². The molecule has 0 atom stereocenters. The van der Waals surface area contributed by atoms with Crippen LogP contribution < -0.4 is 5.32 Å². The summed E-state index contributed by atoms with van der Waals surface area (Å²) in [7, 11) is 0. The molecule has 0 aliphatic carbocycles. The molecule has 0 radical (unpaired) electrons. The van der Waals surface area contributed by atoms with E-state index in [1.165, 1.54) is 5.56 Å². The Kier molecular flexibility index (Phi) is 4.46. The van der Waals surface area contributed by atoms with Crippen LogP contribution in [0.2, 0.25) is 0 Å². The predicted molar refractivity (Wildman–Crippen MR) is 91.9 cm³/mol. The molecule has 2 heterocycles. The zero-order valence-electron chi connectivity index (χ0n) is 14.0. The van der Waals surface area contributed by atoms with Crippen molar-refractivity contribution in [1.82, 2.24) is 15.4 Å². The summed E-state index contributed by atoms with van der Waals surface area (Å²) in [5.74, 6) is 0.243. The van der Waals surface area contributed by atoms with E-state index in [4.69, 9.17) is 4.52 Å². The first-order valence-corrected chi connectivity index (χ1v) is 7.99. The van der Waals surface area contributed by atoms with Gasteiger partial charge in [0.05, 0.1) is 0 Å². The van der Waals surface area contributed by atoms with Gasteiger partial charge >= 0.3 is 0 Å². The zero-order chi connectivity index (χ0) is 17.1. The fourth-order valence-electron chi connectivity index (χ4n) is 2.31. The topological polar surface area (TPSA) is 83.8 Å². The van der Waals surface area contributed by atoms with Crippen molar-refractivity contribution in [2.75, 3.05) is 5.32 Å². The normalized spacial score (nSPS) is 11.0. The summed E-state index contributed by atoms with van der Waals surface area (Å²) in [6, 6.07) is 11.5. The molecule has 124 valence electrons. The van der Waals surface area contributed by atoms with Gasteiger partial charge in [-0.3, -0.25) is 15.2 Å². The van der Waals surface area contributed by atoms with E-state index in [0.29, 0.717) is 17.3 Å². The lowest BCUT2D eigenvalue weighted by atomic mass is 10.1. The lowest BCUT2D eigenvalue weighted by Crippen LogP contribution is -2.11. The van der Waals surface area contributed by atoms with E-state index in [-0.39, 0.29) is 11.8 Å². The van der Waals surface area contributed by atoms with Crippen molar-refractivity contribution >= 4 is 11.8 Å². The molecule has 0 aliphatic heterocycles. The summed E-state index contributed by atoms with van der Waals surface area (Å²) in [6.45, 7) is 6.17.